The fourth-order valence-corrected chi connectivity index (χ4v) is 3.00. The molecule has 3 rings (SSSR count). The zero-order chi connectivity index (χ0) is 16.8. The van der Waals surface area contributed by atoms with Gasteiger partial charge in [-0.05, 0) is 36.1 Å². The van der Waals surface area contributed by atoms with E-state index in [1.807, 2.05) is 36.5 Å². The number of hydrogen-bond acceptors (Lipinski definition) is 4. The summed E-state index contributed by atoms with van der Waals surface area (Å²) in [4.78, 5) is 4.51. The van der Waals surface area contributed by atoms with Crippen molar-refractivity contribution >= 4 is 0 Å². The number of pyridine rings is 1. The van der Waals surface area contributed by atoms with Crippen molar-refractivity contribution in [3.63, 3.8) is 0 Å². The highest BCUT2D eigenvalue weighted by molar-refractivity contribution is 5.36. The van der Waals surface area contributed by atoms with Crippen LogP contribution in [0.15, 0.2) is 48.7 Å². The van der Waals surface area contributed by atoms with E-state index in [-0.39, 0.29) is 12.2 Å². The standard InChI is InChI=1S/C20H26N2O2/c1-3-15(2)16-8-4-5-10-18(16)24-20(17-9-6-7-11-22-17)19-14-21-12-13-23-19/h4-11,15,19-21H,3,12-14H2,1-2H3/t15?,19-,20-/m0/s1. The molecule has 0 bridgehead atoms. The Morgan fingerprint density at radius 1 is 1.25 bits per heavy atom. The first-order chi connectivity index (χ1) is 11.8. The predicted molar refractivity (Wildman–Crippen MR) is 95.4 cm³/mol. The van der Waals surface area contributed by atoms with Gasteiger partial charge in [-0.15, -0.1) is 0 Å². The van der Waals surface area contributed by atoms with E-state index in [2.05, 4.69) is 36.3 Å². The molecule has 1 unspecified atom stereocenters. The van der Waals surface area contributed by atoms with Gasteiger partial charge in [0.2, 0.25) is 0 Å². The summed E-state index contributed by atoms with van der Waals surface area (Å²) in [6, 6.07) is 14.2. The van der Waals surface area contributed by atoms with E-state index in [0.29, 0.717) is 12.5 Å². The summed E-state index contributed by atoms with van der Waals surface area (Å²) in [6.45, 7) is 6.79. The molecular formula is C20H26N2O2. The Bertz CT molecular complexity index is 627. The lowest BCUT2D eigenvalue weighted by Crippen LogP contribution is -2.43. The third kappa shape index (κ3) is 3.94. The quantitative estimate of drug-likeness (QED) is 0.879. The zero-order valence-electron chi connectivity index (χ0n) is 14.4. The van der Waals surface area contributed by atoms with Crippen LogP contribution >= 0.6 is 0 Å². The predicted octanol–water partition coefficient (Wildman–Crippen LogP) is 3.70. The van der Waals surface area contributed by atoms with E-state index in [1.54, 1.807) is 0 Å². The molecule has 2 aromatic rings. The third-order valence-electron chi connectivity index (χ3n) is 4.59. The van der Waals surface area contributed by atoms with Crippen LogP contribution in [0.1, 0.15) is 43.5 Å². The lowest BCUT2D eigenvalue weighted by molar-refractivity contribution is -0.0450. The molecule has 3 atom stereocenters. The van der Waals surface area contributed by atoms with Crippen LogP contribution in [0.3, 0.4) is 0 Å². The number of morpholine rings is 1. The molecule has 4 heteroatoms. The largest absolute Gasteiger partial charge is 0.481 e. The molecule has 1 aromatic heterocycles. The summed E-state index contributed by atoms with van der Waals surface area (Å²) < 4.78 is 12.4. The minimum atomic E-state index is -0.218. The molecular weight excluding hydrogens is 300 g/mol. The second kappa shape index (κ2) is 8.27. The van der Waals surface area contributed by atoms with Crippen LogP contribution in [0.2, 0.25) is 0 Å². The van der Waals surface area contributed by atoms with Crippen LogP contribution in [0.4, 0.5) is 0 Å². The van der Waals surface area contributed by atoms with Gasteiger partial charge in [0, 0.05) is 19.3 Å². The average molecular weight is 326 g/mol. The number of nitrogens with one attached hydrogen (secondary N) is 1. The molecule has 0 spiro atoms. The van der Waals surface area contributed by atoms with Crippen LogP contribution in [-0.2, 0) is 4.74 Å². The minimum absolute atomic E-state index is 0.0429. The molecule has 1 saturated heterocycles. The minimum Gasteiger partial charge on any atom is -0.481 e. The maximum atomic E-state index is 6.47. The van der Waals surface area contributed by atoms with Gasteiger partial charge in [-0.25, -0.2) is 0 Å². The van der Waals surface area contributed by atoms with Gasteiger partial charge in [0.25, 0.3) is 0 Å². The molecule has 1 aliphatic rings. The van der Waals surface area contributed by atoms with Crippen molar-refractivity contribution in [1.82, 2.24) is 10.3 Å². The van der Waals surface area contributed by atoms with Gasteiger partial charge in [0.05, 0.1) is 12.3 Å². The fraction of sp³-hybridized carbons (Fsp3) is 0.450. The normalized spacial score (nSPS) is 20.3. The van der Waals surface area contributed by atoms with Crippen molar-refractivity contribution in [2.75, 3.05) is 19.7 Å². The van der Waals surface area contributed by atoms with E-state index in [9.17, 15) is 0 Å². The van der Waals surface area contributed by atoms with E-state index in [0.717, 1.165) is 31.0 Å². The molecule has 0 radical (unpaired) electrons. The monoisotopic (exact) mass is 326 g/mol. The molecule has 24 heavy (non-hydrogen) atoms. The van der Waals surface area contributed by atoms with Crippen molar-refractivity contribution in [3.8, 4) is 5.75 Å². The van der Waals surface area contributed by atoms with Crippen LogP contribution < -0.4 is 10.1 Å². The first-order valence-electron chi connectivity index (χ1n) is 8.78. The van der Waals surface area contributed by atoms with Gasteiger partial charge in [-0.2, -0.15) is 0 Å². The molecule has 1 aliphatic heterocycles. The number of aromatic nitrogens is 1. The number of para-hydroxylation sites is 1. The van der Waals surface area contributed by atoms with Gasteiger partial charge in [0.15, 0.2) is 6.10 Å². The second-order valence-corrected chi connectivity index (χ2v) is 6.25. The summed E-state index contributed by atoms with van der Waals surface area (Å²) in [6.07, 6.45) is 2.63. The Morgan fingerprint density at radius 2 is 2.08 bits per heavy atom. The molecule has 0 aliphatic carbocycles. The lowest BCUT2D eigenvalue weighted by Gasteiger charge is -2.32. The number of ether oxygens (including phenoxy) is 2. The van der Waals surface area contributed by atoms with Crippen molar-refractivity contribution in [1.29, 1.82) is 0 Å². The summed E-state index contributed by atoms with van der Waals surface area (Å²) >= 11 is 0. The topological polar surface area (TPSA) is 43.4 Å². The molecule has 2 heterocycles. The number of rotatable bonds is 6. The van der Waals surface area contributed by atoms with Gasteiger partial charge in [-0.3, -0.25) is 4.98 Å². The van der Waals surface area contributed by atoms with Gasteiger partial charge < -0.3 is 14.8 Å². The third-order valence-corrected chi connectivity index (χ3v) is 4.59. The lowest BCUT2D eigenvalue weighted by atomic mass is 9.97. The van der Waals surface area contributed by atoms with Crippen LogP contribution in [0.5, 0.6) is 5.75 Å². The Morgan fingerprint density at radius 3 is 2.79 bits per heavy atom. The highest BCUT2D eigenvalue weighted by Gasteiger charge is 2.29. The molecule has 1 aromatic carbocycles. The van der Waals surface area contributed by atoms with E-state index >= 15 is 0 Å². The first-order valence-corrected chi connectivity index (χ1v) is 8.78. The van der Waals surface area contributed by atoms with Crippen LogP contribution in [-0.4, -0.2) is 30.8 Å². The Hall–Kier alpha value is -1.91. The van der Waals surface area contributed by atoms with E-state index in [1.165, 1.54) is 5.56 Å². The van der Waals surface area contributed by atoms with Crippen molar-refractivity contribution in [3.05, 3.63) is 59.9 Å². The number of benzene rings is 1. The Balaban J connectivity index is 1.90. The number of hydrogen-bond donors (Lipinski definition) is 1. The summed E-state index contributed by atoms with van der Waals surface area (Å²) in [7, 11) is 0. The highest BCUT2D eigenvalue weighted by atomic mass is 16.5. The molecule has 1 fully saturated rings. The average Bonchev–Trinajstić information content (AvgIpc) is 2.67. The number of nitrogens with zero attached hydrogens (tertiary/aromatic N) is 1. The molecule has 1 N–H and O–H groups in total. The van der Waals surface area contributed by atoms with Gasteiger partial charge in [0.1, 0.15) is 11.9 Å². The molecule has 0 amide bonds. The maximum Gasteiger partial charge on any atom is 0.168 e. The van der Waals surface area contributed by atoms with E-state index in [4.69, 9.17) is 9.47 Å². The zero-order valence-corrected chi connectivity index (χ0v) is 14.4. The van der Waals surface area contributed by atoms with E-state index < -0.39 is 0 Å². The second-order valence-electron chi connectivity index (χ2n) is 6.25. The highest BCUT2D eigenvalue weighted by Crippen LogP contribution is 2.33. The first kappa shape index (κ1) is 16.9. The molecule has 0 saturated carbocycles. The summed E-state index contributed by atoms with van der Waals surface area (Å²) in [5.74, 6) is 1.38. The fourth-order valence-electron chi connectivity index (χ4n) is 3.00. The molecule has 128 valence electrons. The smallest absolute Gasteiger partial charge is 0.168 e. The van der Waals surface area contributed by atoms with Crippen molar-refractivity contribution in [2.45, 2.75) is 38.4 Å². The van der Waals surface area contributed by atoms with Crippen molar-refractivity contribution < 1.29 is 9.47 Å². The summed E-state index contributed by atoms with van der Waals surface area (Å²) in [5.41, 5.74) is 2.15. The maximum absolute atomic E-state index is 6.47. The van der Waals surface area contributed by atoms with Crippen LogP contribution in [0.25, 0.3) is 0 Å². The van der Waals surface area contributed by atoms with Crippen LogP contribution in [0, 0.1) is 0 Å². The Labute approximate surface area is 144 Å². The molecule has 4 nitrogen and oxygen atoms in total. The SMILES string of the molecule is CCC(C)c1ccccc1O[C@@H](c1ccccn1)[C@@H]1CNCCO1. The Kier molecular flexibility index (Phi) is 5.83. The van der Waals surface area contributed by atoms with Gasteiger partial charge >= 0.3 is 0 Å². The van der Waals surface area contributed by atoms with Gasteiger partial charge in [-0.1, -0.05) is 38.1 Å². The van der Waals surface area contributed by atoms with Crippen molar-refractivity contribution in [2.24, 2.45) is 0 Å². The summed E-state index contributed by atoms with van der Waals surface area (Å²) in [5, 5.41) is 3.39.